The fourth-order valence-corrected chi connectivity index (χ4v) is 2.70. The lowest BCUT2D eigenvalue weighted by Gasteiger charge is -2.34. The van der Waals surface area contributed by atoms with Gasteiger partial charge in [0.2, 0.25) is 0 Å². The fraction of sp³-hybridized carbons (Fsp3) is 0.571. The first-order valence-electron chi connectivity index (χ1n) is 7.10. The van der Waals surface area contributed by atoms with Crippen LogP contribution in [0.2, 0.25) is 0 Å². The van der Waals surface area contributed by atoms with Gasteiger partial charge in [-0.15, -0.1) is 0 Å². The lowest BCUT2D eigenvalue weighted by molar-refractivity contribution is 0.0546. The molecule has 1 aliphatic rings. The maximum Gasteiger partial charge on any atom is 0.114 e. The van der Waals surface area contributed by atoms with Crippen LogP contribution in [0.4, 0.5) is 0 Å². The molecule has 0 aliphatic carbocycles. The van der Waals surface area contributed by atoms with Crippen LogP contribution in [0.5, 0.6) is 0 Å². The molecule has 1 aromatic heterocycles. The van der Waals surface area contributed by atoms with Crippen molar-refractivity contribution < 1.29 is 0 Å². The van der Waals surface area contributed by atoms with Crippen LogP contribution < -0.4 is 0 Å². The van der Waals surface area contributed by atoms with Crippen molar-refractivity contribution in [3.05, 3.63) is 24.3 Å². The third-order valence-corrected chi connectivity index (χ3v) is 3.54. The maximum absolute atomic E-state index is 4.52. The van der Waals surface area contributed by atoms with Crippen molar-refractivity contribution in [2.24, 2.45) is 0 Å². The molecular weight excluding hydrogens is 238 g/mol. The van der Waals surface area contributed by atoms with Crippen LogP contribution >= 0.6 is 0 Å². The molecule has 0 N–H and O–H groups in total. The predicted molar refractivity (Wildman–Crippen MR) is 75.6 cm³/mol. The Morgan fingerprint density at radius 3 is 2.42 bits per heavy atom. The van der Waals surface area contributed by atoms with E-state index in [0.29, 0.717) is 0 Å². The molecule has 5 heteroatoms. The largest absolute Gasteiger partial charge is 0.290 e. The van der Waals surface area contributed by atoms with E-state index in [1.54, 1.807) is 0 Å². The quantitative estimate of drug-likeness (QED) is 0.838. The molecule has 2 aromatic rings. The molecule has 3 rings (SSSR count). The normalized spacial score (nSPS) is 18.2. The van der Waals surface area contributed by atoms with Crippen molar-refractivity contribution in [3.63, 3.8) is 0 Å². The molecule has 5 nitrogen and oxygen atoms in total. The van der Waals surface area contributed by atoms with E-state index in [9.17, 15) is 0 Å². The molecule has 1 saturated heterocycles. The average molecular weight is 259 g/mol. The second-order valence-corrected chi connectivity index (χ2v) is 5.21. The van der Waals surface area contributed by atoms with Gasteiger partial charge in [-0.05, 0) is 31.5 Å². The number of hydrogen-bond donors (Lipinski definition) is 0. The smallest absolute Gasteiger partial charge is 0.114 e. The van der Waals surface area contributed by atoms with E-state index in [2.05, 4.69) is 26.9 Å². The molecule has 19 heavy (non-hydrogen) atoms. The standard InChI is InChI=1S/C14H21N5/c1-2-8-17-9-5-10-18(11-17)12-19-15-13-6-3-4-7-14(13)16-19/h3-4,6-7H,2,5,8-12H2,1H3. The second kappa shape index (κ2) is 5.67. The SMILES string of the molecule is CCCN1CCCN(Cn2nc3ccccc3n2)C1. The van der Waals surface area contributed by atoms with Crippen molar-refractivity contribution >= 4 is 11.0 Å². The minimum Gasteiger partial charge on any atom is -0.290 e. The van der Waals surface area contributed by atoms with E-state index >= 15 is 0 Å². The lowest BCUT2D eigenvalue weighted by Crippen LogP contribution is -2.45. The van der Waals surface area contributed by atoms with Gasteiger partial charge < -0.3 is 0 Å². The first-order valence-corrected chi connectivity index (χ1v) is 7.10. The molecule has 0 amide bonds. The van der Waals surface area contributed by atoms with E-state index in [1.807, 2.05) is 29.1 Å². The third-order valence-electron chi connectivity index (χ3n) is 3.54. The van der Waals surface area contributed by atoms with Gasteiger partial charge in [0.15, 0.2) is 0 Å². The summed E-state index contributed by atoms with van der Waals surface area (Å²) in [5.74, 6) is 0. The molecule has 0 spiro atoms. The van der Waals surface area contributed by atoms with Crippen molar-refractivity contribution in [3.8, 4) is 0 Å². The second-order valence-electron chi connectivity index (χ2n) is 5.21. The fourth-order valence-electron chi connectivity index (χ4n) is 2.70. The summed E-state index contributed by atoms with van der Waals surface area (Å²) in [5, 5.41) is 9.05. The molecular formula is C14H21N5. The van der Waals surface area contributed by atoms with Gasteiger partial charge in [-0.1, -0.05) is 19.1 Å². The summed E-state index contributed by atoms with van der Waals surface area (Å²) in [5.41, 5.74) is 1.95. The summed E-state index contributed by atoms with van der Waals surface area (Å²) < 4.78 is 0. The van der Waals surface area contributed by atoms with Gasteiger partial charge in [0.25, 0.3) is 0 Å². The predicted octanol–water partition coefficient (Wildman–Crippen LogP) is 1.76. The van der Waals surface area contributed by atoms with Crippen molar-refractivity contribution in [1.29, 1.82) is 0 Å². The molecule has 0 bridgehead atoms. The van der Waals surface area contributed by atoms with Gasteiger partial charge in [0, 0.05) is 13.1 Å². The maximum atomic E-state index is 4.52. The summed E-state index contributed by atoms with van der Waals surface area (Å²) in [6.07, 6.45) is 2.46. The molecule has 2 heterocycles. The summed E-state index contributed by atoms with van der Waals surface area (Å²) in [4.78, 5) is 6.74. The molecule has 0 atom stereocenters. The highest BCUT2D eigenvalue weighted by Crippen LogP contribution is 2.10. The molecule has 0 saturated carbocycles. The van der Waals surface area contributed by atoms with Crippen LogP contribution in [0, 0.1) is 0 Å². The molecule has 102 valence electrons. The molecule has 1 aliphatic heterocycles. The average Bonchev–Trinajstić information content (AvgIpc) is 2.81. The number of fused-ring (bicyclic) bond motifs is 1. The molecule has 0 radical (unpaired) electrons. The zero-order valence-electron chi connectivity index (χ0n) is 11.5. The Morgan fingerprint density at radius 2 is 1.74 bits per heavy atom. The van der Waals surface area contributed by atoms with Crippen molar-refractivity contribution in [2.45, 2.75) is 26.4 Å². The van der Waals surface area contributed by atoms with Gasteiger partial charge in [0.1, 0.15) is 17.7 Å². The van der Waals surface area contributed by atoms with Crippen LogP contribution in [0.25, 0.3) is 11.0 Å². The van der Waals surface area contributed by atoms with Crippen LogP contribution in [0.15, 0.2) is 24.3 Å². The lowest BCUT2D eigenvalue weighted by atomic mass is 10.3. The summed E-state index contributed by atoms with van der Waals surface area (Å²) in [7, 11) is 0. The topological polar surface area (TPSA) is 37.2 Å². The zero-order chi connectivity index (χ0) is 13.1. The Bertz CT molecular complexity index is 500. The highest BCUT2D eigenvalue weighted by Gasteiger charge is 2.17. The van der Waals surface area contributed by atoms with E-state index in [1.165, 1.54) is 25.9 Å². The van der Waals surface area contributed by atoms with Crippen molar-refractivity contribution in [2.75, 3.05) is 26.3 Å². The Morgan fingerprint density at radius 1 is 1.05 bits per heavy atom. The Balaban J connectivity index is 1.67. The number of nitrogens with zero attached hydrogens (tertiary/aromatic N) is 5. The van der Waals surface area contributed by atoms with E-state index < -0.39 is 0 Å². The number of hydrogen-bond acceptors (Lipinski definition) is 4. The van der Waals surface area contributed by atoms with Gasteiger partial charge in [-0.3, -0.25) is 9.80 Å². The zero-order valence-corrected chi connectivity index (χ0v) is 11.5. The minimum atomic E-state index is 0.787. The van der Waals surface area contributed by atoms with E-state index in [4.69, 9.17) is 0 Å². The monoisotopic (exact) mass is 259 g/mol. The highest BCUT2D eigenvalue weighted by molar-refractivity contribution is 5.72. The Labute approximate surface area is 113 Å². The van der Waals surface area contributed by atoms with Gasteiger partial charge in [-0.25, -0.2) is 0 Å². The number of rotatable bonds is 4. The van der Waals surface area contributed by atoms with Crippen LogP contribution in [-0.4, -0.2) is 51.1 Å². The van der Waals surface area contributed by atoms with Gasteiger partial charge in [-0.2, -0.15) is 15.0 Å². The molecule has 1 fully saturated rings. The van der Waals surface area contributed by atoms with Crippen molar-refractivity contribution in [1.82, 2.24) is 24.8 Å². The summed E-state index contributed by atoms with van der Waals surface area (Å²) >= 11 is 0. The Kier molecular flexibility index (Phi) is 3.75. The first-order chi connectivity index (χ1) is 9.35. The van der Waals surface area contributed by atoms with Gasteiger partial charge in [0.05, 0.1) is 6.67 Å². The first kappa shape index (κ1) is 12.6. The third kappa shape index (κ3) is 2.93. The Hall–Kier alpha value is -1.46. The van der Waals surface area contributed by atoms with Crippen LogP contribution in [-0.2, 0) is 6.67 Å². The van der Waals surface area contributed by atoms with Crippen LogP contribution in [0.1, 0.15) is 19.8 Å². The van der Waals surface area contributed by atoms with E-state index in [0.717, 1.165) is 30.9 Å². The number of aromatic nitrogens is 3. The molecule has 0 unspecified atom stereocenters. The van der Waals surface area contributed by atoms with Crippen LogP contribution in [0.3, 0.4) is 0 Å². The van der Waals surface area contributed by atoms with E-state index in [-0.39, 0.29) is 0 Å². The highest BCUT2D eigenvalue weighted by atomic mass is 15.5. The number of benzene rings is 1. The minimum absolute atomic E-state index is 0.787. The summed E-state index contributed by atoms with van der Waals surface area (Å²) in [6, 6.07) is 8.04. The summed E-state index contributed by atoms with van der Waals surface area (Å²) in [6.45, 7) is 7.60. The van der Waals surface area contributed by atoms with Gasteiger partial charge >= 0.3 is 0 Å². The molecule has 1 aromatic carbocycles.